The van der Waals surface area contributed by atoms with Gasteiger partial charge in [-0.15, -0.1) is 11.3 Å². The van der Waals surface area contributed by atoms with Crippen LogP contribution in [0.2, 0.25) is 0 Å². The molecule has 1 aliphatic heterocycles. The smallest absolute Gasteiger partial charge is 0.255 e. The number of hydrogen-bond acceptors (Lipinski definition) is 4. The summed E-state index contributed by atoms with van der Waals surface area (Å²) in [6.07, 6.45) is 3.12. The van der Waals surface area contributed by atoms with Crippen molar-refractivity contribution in [3.05, 3.63) is 21.4 Å². The van der Waals surface area contributed by atoms with E-state index in [0.717, 1.165) is 63.1 Å². The van der Waals surface area contributed by atoms with Gasteiger partial charge in [-0.1, -0.05) is 0 Å². The number of rotatable bonds is 6. The quantitative estimate of drug-likeness (QED) is 0.820. The number of aliphatic hydroxyl groups excluding tert-OH is 1. The van der Waals surface area contributed by atoms with Crippen LogP contribution in [0.3, 0.4) is 0 Å². The third-order valence-corrected chi connectivity index (χ3v) is 5.32. The second-order valence-corrected chi connectivity index (χ2v) is 6.83. The largest absolute Gasteiger partial charge is 0.396 e. The van der Waals surface area contributed by atoms with Crippen LogP contribution in [-0.2, 0) is 0 Å². The molecule has 0 unspecified atom stereocenters. The van der Waals surface area contributed by atoms with Gasteiger partial charge in [0.15, 0.2) is 0 Å². The molecular weight excluding hydrogens is 284 g/mol. The van der Waals surface area contributed by atoms with Gasteiger partial charge in [0.1, 0.15) is 0 Å². The minimum atomic E-state index is 0.191. The molecule has 21 heavy (non-hydrogen) atoms. The van der Waals surface area contributed by atoms with Gasteiger partial charge in [0.2, 0.25) is 0 Å². The highest BCUT2D eigenvalue weighted by Crippen LogP contribution is 2.22. The first kappa shape index (κ1) is 16.5. The standard InChI is InChI=1S/C16H26N2O2S/c1-13-14(2)21-12-15(13)16(20)18-9-7-17(8-10-18)6-4-3-5-11-19/h12,19H,3-11H2,1-2H3. The van der Waals surface area contributed by atoms with Crippen LogP contribution in [-0.4, -0.2) is 60.1 Å². The predicted octanol–water partition coefficient (Wildman–Crippen LogP) is 2.29. The first-order valence-electron chi connectivity index (χ1n) is 7.80. The Labute approximate surface area is 131 Å². The Kier molecular flexibility index (Phi) is 6.21. The summed E-state index contributed by atoms with van der Waals surface area (Å²) in [4.78, 5) is 18.2. The molecule has 0 spiro atoms. The number of carbonyl (C=O) groups is 1. The summed E-state index contributed by atoms with van der Waals surface area (Å²) < 4.78 is 0. The lowest BCUT2D eigenvalue weighted by Gasteiger charge is -2.34. The van der Waals surface area contributed by atoms with Crippen molar-refractivity contribution in [1.82, 2.24) is 9.80 Å². The molecule has 1 aromatic heterocycles. The van der Waals surface area contributed by atoms with Gasteiger partial charge in [-0.25, -0.2) is 0 Å². The SMILES string of the molecule is Cc1scc(C(=O)N2CCN(CCCCCO)CC2)c1C. The van der Waals surface area contributed by atoms with Crippen molar-refractivity contribution < 1.29 is 9.90 Å². The Bertz CT molecular complexity index is 465. The second kappa shape index (κ2) is 7.92. The van der Waals surface area contributed by atoms with Gasteiger partial charge in [-0.05, 0) is 45.2 Å². The van der Waals surface area contributed by atoms with Gasteiger partial charge in [-0.2, -0.15) is 0 Å². The summed E-state index contributed by atoms with van der Waals surface area (Å²) in [6, 6.07) is 0. The molecule has 118 valence electrons. The van der Waals surface area contributed by atoms with Crippen LogP contribution < -0.4 is 0 Å². The lowest BCUT2D eigenvalue weighted by molar-refractivity contribution is 0.0634. The highest BCUT2D eigenvalue weighted by Gasteiger charge is 2.23. The zero-order valence-corrected chi connectivity index (χ0v) is 13.9. The average molecular weight is 310 g/mol. The average Bonchev–Trinajstić information content (AvgIpc) is 2.83. The van der Waals surface area contributed by atoms with E-state index in [0.29, 0.717) is 6.61 Å². The third-order valence-electron chi connectivity index (χ3n) is 4.31. The molecule has 0 atom stereocenters. The predicted molar refractivity (Wildman–Crippen MR) is 87.1 cm³/mol. The molecule has 1 amide bonds. The van der Waals surface area contributed by atoms with Crippen LogP contribution in [0.5, 0.6) is 0 Å². The fraction of sp³-hybridized carbons (Fsp3) is 0.688. The minimum Gasteiger partial charge on any atom is -0.396 e. The van der Waals surface area contributed by atoms with Crippen molar-refractivity contribution in [1.29, 1.82) is 0 Å². The fourth-order valence-corrected chi connectivity index (χ4v) is 3.55. The van der Waals surface area contributed by atoms with Gasteiger partial charge in [0, 0.05) is 43.0 Å². The van der Waals surface area contributed by atoms with E-state index >= 15 is 0 Å². The lowest BCUT2D eigenvalue weighted by Crippen LogP contribution is -2.48. The van der Waals surface area contributed by atoms with Crippen molar-refractivity contribution >= 4 is 17.2 Å². The summed E-state index contributed by atoms with van der Waals surface area (Å²) >= 11 is 1.66. The number of hydrogen-bond donors (Lipinski definition) is 1. The van der Waals surface area contributed by atoms with Gasteiger partial charge in [0.05, 0.1) is 5.56 Å². The Balaban J connectivity index is 1.78. The zero-order valence-electron chi connectivity index (χ0n) is 13.1. The highest BCUT2D eigenvalue weighted by molar-refractivity contribution is 7.10. The fourth-order valence-electron chi connectivity index (χ4n) is 2.69. The molecule has 2 heterocycles. The number of aliphatic hydroxyl groups is 1. The molecule has 1 aliphatic rings. The summed E-state index contributed by atoms with van der Waals surface area (Å²) in [5, 5.41) is 10.8. The third kappa shape index (κ3) is 4.28. The Morgan fingerprint density at radius 2 is 1.90 bits per heavy atom. The van der Waals surface area contributed by atoms with E-state index < -0.39 is 0 Å². The van der Waals surface area contributed by atoms with E-state index in [-0.39, 0.29) is 5.91 Å². The van der Waals surface area contributed by atoms with Crippen molar-refractivity contribution in [2.75, 3.05) is 39.3 Å². The molecule has 1 aromatic rings. The van der Waals surface area contributed by atoms with E-state index in [1.54, 1.807) is 11.3 Å². The van der Waals surface area contributed by atoms with Gasteiger partial charge in [-0.3, -0.25) is 9.69 Å². The summed E-state index contributed by atoms with van der Waals surface area (Å²) in [5.41, 5.74) is 2.02. The van der Waals surface area contributed by atoms with Crippen LogP contribution in [0.25, 0.3) is 0 Å². The number of unbranched alkanes of at least 4 members (excludes halogenated alkanes) is 2. The van der Waals surface area contributed by atoms with Crippen molar-refractivity contribution in [2.45, 2.75) is 33.1 Å². The molecule has 5 heteroatoms. The van der Waals surface area contributed by atoms with Crippen LogP contribution in [0.1, 0.15) is 40.1 Å². The number of piperazine rings is 1. The second-order valence-electron chi connectivity index (χ2n) is 5.75. The van der Waals surface area contributed by atoms with Crippen LogP contribution in [0, 0.1) is 13.8 Å². The van der Waals surface area contributed by atoms with E-state index in [4.69, 9.17) is 5.11 Å². The number of thiophene rings is 1. The molecule has 0 aromatic carbocycles. The van der Waals surface area contributed by atoms with Crippen molar-refractivity contribution in [3.8, 4) is 0 Å². The first-order chi connectivity index (χ1) is 10.1. The molecule has 0 radical (unpaired) electrons. The molecular formula is C16H26N2O2S. The highest BCUT2D eigenvalue weighted by atomic mass is 32.1. The van der Waals surface area contributed by atoms with Gasteiger partial charge < -0.3 is 10.0 Å². The Hall–Kier alpha value is -0.910. The maximum absolute atomic E-state index is 12.5. The van der Waals surface area contributed by atoms with E-state index in [2.05, 4.69) is 11.8 Å². The monoisotopic (exact) mass is 310 g/mol. The lowest BCUT2D eigenvalue weighted by atomic mass is 10.1. The molecule has 1 fully saturated rings. The molecule has 0 bridgehead atoms. The first-order valence-corrected chi connectivity index (χ1v) is 8.68. The van der Waals surface area contributed by atoms with Crippen LogP contribution in [0.15, 0.2) is 5.38 Å². The van der Waals surface area contributed by atoms with Crippen LogP contribution >= 0.6 is 11.3 Å². The number of carbonyl (C=O) groups excluding carboxylic acids is 1. The van der Waals surface area contributed by atoms with E-state index in [9.17, 15) is 4.79 Å². The van der Waals surface area contributed by atoms with Crippen molar-refractivity contribution in [3.63, 3.8) is 0 Å². The number of aryl methyl sites for hydroxylation is 1. The summed E-state index contributed by atoms with van der Waals surface area (Å²) in [6.45, 7) is 9.07. The van der Waals surface area contributed by atoms with E-state index in [1.807, 2.05) is 17.2 Å². The van der Waals surface area contributed by atoms with Gasteiger partial charge >= 0.3 is 0 Å². The maximum atomic E-state index is 12.5. The number of amides is 1. The zero-order chi connectivity index (χ0) is 15.2. The molecule has 1 saturated heterocycles. The molecule has 2 rings (SSSR count). The maximum Gasteiger partial charge on any atom is 0.255 e. The summed E-state index contributed by atoms with van der Waals surface area (Å²) in [7, 11) is 0. The topological polar surface area (TPSA) is 43.8 Å². The minimum absolute atomic E-state index is 0.191. The molecule has 0 saturated carbocycles. The Morgan fingerprint density at radius 1 is 1.19 bits per heavy atom. The van der Waals surface area contributed by atoms with Crippen LogP contribution in [0.4, 0.5) is 0 Å². The number of nitrogens with zero attached hydrogens (tertiary/aromatic N) is 2. The molecule has 1 N–H and O–H groups in total. The normalized spacial score (nSPS) is 16.4. The van der Waals surface area contributed by atoms with E-state index in [1.165, 1.54) is 4.88 Å². The molecule has 0 aliphatic carbocycles. The molecule has 4 nitrogen and oxygen atoms in total. The Morgan fingerprint density at radius 3 is 2.48 bits per heavy atom. The van der Waals surface area contributed by atoms with Crippen molar-refractivity contribution in [2.24, 2.45) is 0 Å². The van der Waals surface area contributed by atoms with Gasteiger partial charge in [0.25, 0.3) is 5.91 Å². The summed E-state index contributed by atoms with van der Waals surface area (Å²) in [5.74, 6) is 0.191.